The fourth-order valence-corrected chi connectivity index (χ4v) is 2.70. The highest BCUT2D eigenvalue weighted by molar-refractivity contribution is 5.85. The normalized spacial score (nSPS) is 11.4. The molecule has 0 saturated heterocycles. The summed E-state index contributed by atoms with van der Waals surface area (Å²) in [6, 6.07) is 4.06. The third kappa shape index (κ3) is 2.27. The second kappa shape index (κ2) is 5.51. The van der Waals surface area contributed by atoms with Gasteiger partial charge in [-0.05, 0) is 37.3 Å². The third-order valence-corrected chi connectivity index (χ3v) is 3.77. The molecule has 19 heavy (non-hydrogen) atoms. The van der Waals surface area contributed by atoms with E-state index in [0.29, 0.717) is 12.5 Å². The van der Waals surface area contributed by atoms with Crippen molar-refractivity contribution in [3.63, 3.8) is 0 Å². The van der Waals surface area contributed by atoms with Crippen molar-refractivity contribution in [1.29, 1.82) is 0 Å². The van der Waals surface area contributed by atoms with Crippen molar-refractivity contribution in [2.75, 3.05) is 6.61 Å². The molecular weight excluding hydrogens is 240 g/mol. The Labute approximate surface area is 113 Å². The zero-order chi connectivity index (χ0) is 14.0. The number of imidazole rings is 1. The quantitative estimate of drug-likeness (QED) is 0.899. The van der Waals surface area contributed by atoms with Crippen molar-refractivity contribution in [1.82, 2.24) is 9.55 Å². The van der Waals surface area contributed by atoms with Crippen molar-refractivity contribution in [2.24, 2.45) is 7.05 Å². The minimum atomic E-state index is -0.0886. The summed E-state index contributed by atoms with van der Waals surface area (Å²) in [5.41, 5.74) is 2.93. The largest absolute Gasteiger partial charge is 0.492 e. The number of benzene rings is 1. The van der Waals surface area contributed by atoms with Crippen LogP contribution >= 0.6 is 0 Å². The average molecular weight is 262 g/mol. The van der Waals surface area contributed by atoms with Crippen LogP contribution in [-0.2, 0) is 7.05 Å². The first kappa shape index (κ1) is 13.7. The van der Waals surface area contributed by atoms with Crippen molar-refractivity contribution < 1.29 is 4.74 Å². The van der Waals surface area contributed by atoms with Gasteiger partial charge in [-0.3, -0.25) is 4.57 Å². The molecule has 104 valence electrons. The first-order valence-electron chi connectivity index (χ1n) is 6.98. The predicted molar refractivity (Wildman–Crippen MR) is 78.0 cm³/mol. The van der Waals surface area contributed by atoms with Gasteiger partial charge >= 0.3 is 5.69 Å². The molecule has 0 saturated carbocycles. The maximum atomic E-state index is 11.9. The predicted octanol–water partition coefficient (Wildman–Crippen LogP) is 3.17. The molecule has 0 amide bonds. The lowest BCUT2D eigenvalue weighted by Crippen LogP contribution is -2.13. The summed E-state index contributed by atoms with van der Waals surface area (Å²) in [5.74, 6) is 1.23. The lowest BCUT2D eigenvalue weighted by atomic mass is 9.92. The van der Waals surface area contributed by atoms with Gasteiger partial charge in [0.25, 0.3) is 0 Å². The van der Waals surface area contributed by atoms with Gasteiger partial charge in [-0.25, -0.2) is 4.79 Å². The molecular formula is C15H22N2O2. The van der Waals surface area contributed by atoms with E-state index in [1.54, 1.807) is 4.57 Å². The van der Waals surface area contributed by atoms with Crippen LogP contribution in [0.15, 0.2) is 16.9 Å². The summed E-state index contributed by atoms with van der Waals surface area (Å²) < 4.78 is 7.29. The van der Waals surface area contributed by atoms with Gasteiger partial charge in [0.1, 0.15) is 11.3 Å². The molecule has 1 aromatic carbocycles. The molecule has 0 unspecified atom stereocenters. The van der Waals surface area contributed by atoms with Crippen LogP contribution in [0.5, 0.6) is 5.75 Å². The van der Waals surface area contributed by atoms with Crippen LogP contribution < -0.4 is 10.4 Å². The Morgan fingerprint density at radius 3 is 2.53 bits per heavy atom. The van der Waals surface area contributed by atoms with E-state index in [-0.39, 0.29) is 5.69 Å². The highest BCUT2D eigenvalue weighted by atomic mass is 16.5. The van der Waals surface area contributed by atoms with Gasteiger partial charge in [0.2, 0.25) is 0 Å². The van der Waals surface area contributed by atoms with E-state index in [1.165, 1.54) is 5.56 Å². The van der Waals surface area contributed by atoms with E-state index < -0.39 is 0 Å². The highest BCUT2D eigenvalue weighted by Crippen LogP contribution is 2.33. The first-order chi connectivity index (χ1) is 9.13. The van der Waals surface area contributed by atoms with Crippen LogP contribution in [0.25, 0.3) is 11.0 Å². The standard InChI is InChI=1S/C15H22N2O2/c1-5-10(6-2)11-8-9-12(19-7-3)13-14(11)17(4)15(18)16-13/h8-10H,5-7H2,1-4H3,(H,16,18). The maximum absolute atomic E-state index is 11.9. The minimum absolute atomic E-state index is 0.0886. The Morgan fingerprint density at radius 1 is 1.26 bits per heavy atom. The van der Waals surface area contributed by atoms with E-state index in [1.807, 2.05) is 20.0 Å². The zero-order valence-corrected chi connectivity index (χ0v) is 12.1. The summed E-state index contributed by atoms with van der Waals surface area (Å²) in [7, 11) is 1.81. The molecule has 0 aliphatic heterocycles. The Balaban J connectivity index is 2.73. The van der Waals surface area contributed by atoms with Crippen molar-refractivity contribution in [3.8, 4) is 5.75 Å². The van der Waals surface area contributed by atoms with Gasteiger partial charge in [-0.15, -0.1) is 0 Å². The van der Waals surface area contributed by atoms with Crippen LogP contribution in [-0.4, -0.2) is 16.2 Å². The molecule has 4 nitrogen and oxygen atoms in total. The topological polar surface area (TPSA) is 47.0 Å². The number of ether oxygens (including phenoxy) is 1. The van der Waals surface area contributed by atoms with Crippen molar-refractivity contribution >= 4 is 11.0 Å². The molecule has 0 spiro atoms. The Kier molecular flexibility index (Phi) is 3.98. The summed E-state index contributed by atoms with van der Waals surface area (Å²) in [4.78, 5) is 14.8. The number of nitrogens with zero attached hydrogens (tertiary/aromatic N) is 1. The van der Waals surface area contributed by atoms with E-state index in [0.717, 1.165) is 29.6 Å². The molecule has 2 rings (SSSR count). The fraction of sp³-hybridized carbons (Fsp3) is 0.533. The smallest absolute Gasteiger partial charge is 0.326 e. The minimum Gasteiger partial charge on any atom is -0.492 e. The number of nitrogens with one attached hydrogen (secondary N) is 1. The summed E-state index contributed by atoms with van der Waals surface area (Å²) >= 11 is 0. The molecule has 2 aromatic rings. The first-order valence-corrected chi connectivity index (χ1v) is 6.98. The molecule has 0 aliphatic carbocycles. The Hall–Kier alpha value is -1.71. The molecule has 0 radical (unpaired) electrons. The van der Waals surface area contributed by atoms with E-state index in [4.69, 9.17) is 4.74 Å². The highest BCUT2D eigenvalue weighted by Gasteiger charge is 2.17. The van der Waals surface area contributed by atoms with Crippen LogP contribution in [0.4, 0.5) is 0 Å². The van der Waals surface area contributed by atoms with Crippen LogP contribution in [0, 0.1) is 0 Å². The van der Waals surface area contributed by atoms with Gasteiger partial charge in [0.05, 0.1) is 12.1 Å². The van der Waals surface area contributed by atoms with Gasteiger partial charge in [0, 0.05) is 7.05 Å². The summed E-state index contributed by atoms with van der Waals surface area (Å²) in [5, 5.41) is 0. The van der Waals surface area contributed by atoms with Gasteiger partial charge in [-0.2, -0.15) is 0 Å². The maximum Gasteiger partial charge on any atom is 0.326 e. The molecule has 4 heteroatoms. The number of aromatic nitrogens is 2. The molecule has 1 N–H and O–H groups in total. The Morgan fingerprint density at radius 2 is 1.95 bits per heavy atom. The monoisotopic (exact) mass is 262 g/mol. The molecule has 1 heterocycles. The number of aromatic amines is 1. The molecule has 0 fully saturated rings. The third-order valence-electron chi connectivity index (χ3n) is 3.77. The Bertz CT molecular complexity index is 621. The SMILES string of the molecule is CCOc1ccc(C(CC)CC)c2c1[nH]c(=O)n2C. The number of H-pyrrole nitrogens is 1. The molecule has 0 bridgehead atoms. The van der Waals surface area contributed by atoms with Gasteiger partial charge in [0.15, 0.2) is 0 Å². The van der Waals surface area contributed by atoms with Crippen LogP contribution in [0.1, 0.15) is 45.1 Å². The average Bonchev–Trinajstić information content (AvgIpc) is 2.70. The fourth-order valence-electron chi connectivity index (χ4n) is 2.70. The van der Waals surface area contributed by atoms with Crippen molar-refractivity contribution in [2.45, 2.75) is 39.5 Å². The van der Waals surface area contributed by atoms with E-state index >= 15 is 0 Å². The van der Waals surface area contributed by atoms with Gasteiger partial charge in [-0.1, -0.05) is 19.9 Å². The summed E-state index contributed by atoms with van der Waals surface area (Å²) in [6.45, 7) is 6.90. The number of aryl methyl sites for hydroxylation is 1. The number of hydrogen-bond acceptors (Lipinski definition) is 2. The van der Waals surface area contributed by atoms with Crippen molar-refractivity contribution in [3.05, 3.63) is 28.2 Å². The summed E-state index contributed by atoms with van der Waals surface area (Å²) in [6.07, 6.45) is 2.14. The van der Waals surface area contributed by atoms with Gasteiger partial charge < -0.3 is 9.72 Å². The second-order valence-corrected chi connectivity index (χ2v) is 4.81. The van der Waals surface area contributed by atoms with E-state index in [9.17, 15) is 4.79 Å². The number of fused-ring (bicyclic) bond motifs is 1. The second-order valence-electron chi connectivity index (χ2n) is 4.81. The molecule has 1 aromatic heterocycles. The number of hydrogen-bond donors (Lipinski definition) is 1. The lowest BCUT2D eigenvalue weighted by Gasteiger charge is -2.16. The van der Waals surface area contributed by atoms with Crippen LogP contribution in [0.3, 0.4) is 0 Å². The molecule has 0 atom stereocenters. The molecule has 0 aliphatic rings. The van der Waals surface area contributed by atoms with E-state index in [2.05, 4.69) is 24.9 Å². The zero-order valence-electron chi connectivity index (χ0n) is 12.1. The number of rotatable bonds is 5. The lowest BCUT2D eigenvalue weighted by molar-refractivity contribution is 0.343. The van der Waals surface area contributed by atoms with Crippen LogP contribution in [0.2, 0.25) is 0 Å².